The van der Waals surface area contributed by atoms with Crippen LogP contribution in [-0.4, -0.2) is 54.7 Å². The van der Waals surface area contributed by atoms with Crippen LogP contribution >= 0.6 is 0 Å². The number of methoxy groups -OCH3 is 1. The van der Waals surface area contributed by atoms with Gasteiger partial charge in [0.15, 0.2) is 0 Å². The minimum atomic E-state index is -0.319. The highest BCUT2D eigenvalue weighted by Gasteiger charge is 2.30. The topological polar surface area (TPSA) is 64.1 Å². The maximum atomic E-state index is 12.6. The third kappa shape index (κ3) is 6.34. The maximum Gasteiger partial charge on any atom is 0.342 e. The molecule has 1 aliphatic heterocycles. The maximum absolute atomic E-state index is 12.6. The second-order valence-corrected chi connectivity index (χ2v) is 9.20. The minimum Gasteiger partial charge on any atom is -0.497 e. The largest absolute Gasteiger partial charge is 0.497 e. The van der Waals surface area contributed by atoms with Gasteiger partial charge in [-0.1, -0.05) is 19.1 Å². The van der Waals surface area contributed by atoms with Crippen LogP contribution in [0.2, 0.25) is 0 Å². The third-order valence-corrected chi connectivity index (χ3v) is 6.34. The highest BCUT2D eigenvalue weighted by Crippen LogP contribution is 2.27. The van der Waals surface area contributed by atoms with Crippen LogP contribution in [0.1, 0.15) is 43.1 Å². The van der Waals surface area contributed by atoms with Crippen LogP contribution in [-0.2, 0) is 11.3 Å². The van der Waals surface area contributed by atoms with Gasteiger partial charge in [0.25, 0.3) is 0 Å². The second kappa shape index (κ2) is 11.9. The van der Waals surface area contributed by atoms with E-state index in [1.807, 2.05) is 50.2 Å². The number of hydrogen-bond acceptors (Lipinski definition) is 7. The van der Waals surface area contributed by atoms with Crippen molar-refractivity contribution >= 4 is 11.8 Å². The summed E-state index contributed by atoms with van der Waals surface area (Å²) in [5, 5.41) is 0. The number of anilines is 1. The lowest BCUT2D eigenvalue weighted by Gasteiger charge is -2.28. The lowest BCUT2D eigenvalue weighted by atomic mass is 10.1. The van der Waals surface area contributed by atoms with Gasteiger partial charge < -0.3 is 19.1 Å². The Hall–Kier alpha value is -3.58. The fraction of sp³-hybridized carbons (Fsp3) is 0.379. The fourth-order valence-corrected chi connectivity index (χ4v) is 4.49. The average Bonchev–Trinajstić information content (AvgIpc) is 3.38. The van der Waals surface area contributed by atoms with Crippen LogP contribution in [0, 0.1) is 0 Å². The van der Waals surface area contributed by atoms with Crippen molar-refractivity contribution in [2.45, 2.75) is 45.9 Å². The molecule has 0 amide bonds. The summed E-state index contributed by atoms with van der Waals surface area (Å²) in [5.74, 6) is 2.77. The number of nitrogens with zero attached hydrogens (tertiary/aromatic N) is 3. The molecule has 1 saturated heterocycles. The zero-order valence-corrected chi connectivity index (χ0v) is 21.5. The summed E-state index contributed by atoms with van der Waals surface area (Å²) in [7, 11) is 1.65. The van der Waals surface area contributed by atoms with Crippen molar-refractivity contribution in [3.05, 3.63) is 78.0 Å². The lowest BCUT2D eigenvalue weighted by Crippen LogP contribution is -2.37. The van der Waals surface area contributed by atoms with E-state index in [2.05, 4.69) is 33.8 Å². The molecule has 1 atom stereocenters. The number of esters is 1. The Bertz CT molecular complexity index is 1130. The molecule has 0 aliphatic carbocycles. The number of pyridine rings is 1. The first-order valence-corrected chi connectivity index (χ1v) is 12.5. The van der Waals surface area contributed by atoms with Crippen molar-refractivity contribution in [2.75, 3.05) is 31.6 Å². The summed E-state index contributed by atoms with van der Waals surface area (Å²) in [6.45, 7) is 9.37. The van der Waals surface area contributed by atoms with Gasteiger partial charge in [-0.15, -0.1) is 0 Å². The van der Waals surface area contributed by atoms with Gasteiger partial charge in [0.2, 0.25) is 0 Å². The minimum absolute atomic E-state index is 0.166. The van der Waals surface area contributed by atoms with Gasteiger partial charge >= 0.3 is 5.97 Å². The number of rotatable bonds is 10. The molecular formula is C29H35N3O4. The zero-order chi connectivity index (χ0) is 25.5. The molecule has 0 spiro atoms. The molecule has 3 aromatic rings. The van der Waals surface area contributed by atoms with Gasteiger partial charge in [-0.2, -0.15) is 0 Å². The number of likely N-dealkylation sites (N-methyl/N-ethyl adjacent to an activating group) is 1. The first-order valence-electron chi connectivity index (χ1n) is 12.5. The van der Waals surface area contributed by atoms with Crippen LogP contribution < -0.4 is 14.4 Å². The lowest BCUT2D eigenvalue weighted by molar-refractivity contribution is 0.0378. The van der Waals surface area contributed by atoms with Crippen LogP contribution in [0.15, 0.2) is 66.9 Å². The van der Waals surface area contributed by atoms with Gasteiger partial charge in [0.05, 0.1) is 13.2 Å². The standard InChI is InChI=1S/C29H35N3O4/c1-5-31(19-22-8-10-25(11-9-22)36-26-14-12-24(34-4)13-15-26)23-16-18-32(20-23)28-27(7-6-17-30-28)29(33)35-21(2)3/h6-15,17,21,23H,5,16,18-20H2,1-4H3. The van der Waals surface area contributed by atoms with Crippen molar-refractivity contribution in [3.8, 4) is 17.2 Å². The third-order valence-electron chi connectivity index (χ3n) is 6.34. The highest BCUT2D eigenvalue weighted by atomic mass is 16.5. The van der Waals surface area contributed by atoms with Crippen molar-refractivity contribution in [3.63, 3.8) is 0 Å². The normalized spacial score (nSPS) is 15.4. The fourth-order valence-electron chi connectivity index (χ4n) is 4.49. The highest BCUT2D eigenvalue weighted by molar-refractivity contribution is 5.95. The van der Waals surface area contributed by atoms with Crippen molar-refractivity contribution in [1.82, 2.24) is 9.88 Å². The summed E-state index contributed by atoms with van der Waals surface area (Å²) >= 11 is 0. The number of benzene rings is 2. The van der Waals surface area contributed by atoms with E-state index >= 15 is 0 Å². The van der Waals surface area contributed by atoms with Crippen molar-refractivity contribution < 1.29 is 19.0 Å². The van der Waals surface area contributed by atoms with E-state index in [9.17, 15) is 4.79 Å². The molecule has 1 aromatic heterocycles. The summed E-state index contributed by atoms with van der Waals surface area (Å²) in [6, 6.07) is 19.8. The molecule has 0 N–H and O–H groups in total. The number of carbonyl (C=O) groups excluding carboxylic acids is 1. The van der Waals surface area contributed by atoms with Gasteiger partial charge in [0, 0.05) is 31.9 Å². The summed E-state index contributed by atoms with van der Waals surface area (Å²) < 4.78 is 16.6. The monoisotopic (exact) mass is 489 g/mol. The van der Waals surface area contributed by atoms with Crippen LogP contribution in [0.4, 0.5) is 5.82 Å². The van der Waals surface area contributed by atoms with E-state index in [0.29, 0.717) is 17.4 Å². The van der Waals surface area contributed by atoms with E-state index in [1.54, 1.807) is 25.4 Å². The molecule has 0 saturated carbocycles. The summed E-state index contributed by atoms with van der Waals surface area (Å²) in [5.41, 5.74) is 1.76. The molecule has 1 aliphatic rings. The van der Waals surface area contributed by atoms with Gasteiger partial charge in [0.1, 0.15) is 28.6 Å². The molecule has 0 bridgehead atoms. The Labute approximate surface area is 213 Å². The molecule has 1 unspecified atom stereocenters. The number of ether oxygens (including phenoxy) is 3. The van der Waals surface area contributed by atoms with Gasteiger partial charge in [-0.3, -0.25) is 4.90 Å². The quantitative estimate of drug-likeness (QED) is 0.346. The first-order chi connectivity index (χ1) is 17.5. The molecule has 2 heterocycles. The SMILES string of the molecule is CCN(Cc1ccc(Oc2ccc(OC)cc2)cc1)C1CCN(c2ncccc2C(=O)OC(C)C)C1. The molecule has 1 fully saturated rings. The van der Waals surface area contributed by atoms with Crippen molar-refractivity contribution in [2.24, 2.45) is 0 Å². The molecule has 7 heteroatoms. The van der Waals surface area contributed by atoms with Gasteiger partial charge in [-0.25, -0.2) is 9.78 Å². The average molecular weight is 490 g/mol. The first kappa shape index (κ1) is 25.5. The van der Waals surface area contributed by atoms with Crippen molar-refractivity contribution in [1.29, 1.82) is 0 Å². The number of aromatic nitrogens is 1. The molecule has 7 nitrogen and oxygen atoms in total. The van der Waals surface area contributed by atoms with E-state index < -0.39 is 0 Å². The van der Waals surface area contributed by atoms with E-state index in [1.165, 1.54) is 5.56 Å². The molecule has 4 rings (SSSR count). The summed E-state index contributed by atoms with van der Waals surface area (Å²) in [6.07, 6.45) is 2.59. The Kier molecular flexibility index (Phi) is 8.44. The number of hydrogen-bond donors (Lipinski definition) is 0. The van der Waals surface area contributed by atoms with Crippen LogP contribution in [0.5, 0.6) is 17.2 Å². The predicted molar refractivity (Wildman–Crippen MR) is 141 cm³/mol. The van der Waals surface area contributed by atoms with E-state index in [0.717, 1.165) is 49.8 Å². The molecule has 2 aromatic carbocycles. The number of carbonyl (C=O) groups is 1. The van der Waals surface area contributed by atoms with Gasteiger partial charge in [-0.05, 0) is 80.9 Å². The Morgan fingerprint density at radius 2 is 1.72 bits per heavy atom. The molecule has 190 valence electrons. The molecular weight excluding hydrogens is 454 g/mol. The summed E-state index contributed by atoms with van der Waals surface area (Å²) in [4.78, 5) is 21.8. The molecule has 0 radical (unpaired) electrons. The van der Waals surface area contributed by atoms with E-state index in [-0.39, 0.29) is 12.1 Å². The Morgan fingerprint density at radius 1 is 1.06 bits per heavy atom. The Balaban J connectivity index is 1.37. The van der Waals surface area contributed by atoms with Crippen LogP contribution in [0.25, 0.3) is 0 Å². The second-order valence-electron chi connectivity index (χ2n) is 9.20. The molecule has 36 heavy (non-hydrogen) atoms. The smallest absolute Gasteiger partial charge is 0.342 e. The zero-order valence-electron chi connectivity index (χ0n) is 21.5. The van der Waals surface area contributed by atoms with Crippen LogP contribution in [0.3, 0.4) is 0 Å². The Morgan fingerprint density at radius 3 is 2.36 bits per heavy atom. The predicted octanol–water partition coefficient (Wildman–Crippen LogP) is 5.55. The van der Waals surface area contributed by atoms with E-state index in [4.69, 9.17) is 14.2 Å².